The number of aryl methyl sites for hydroxylation is 2. The molecular formula is C27H25N. The Kier molecular flexibility index (Phi) is 4.62. The second kappa shape index (κ2) is 7.10. The van der Waals surface area contributed by atoms with Gasteiger partial charge in [-0.15, -0.1) is 0 Å². The molecule has 0 heterocycles. The van der Waals surface area contributed by atoms with E-state index in [0.29, 0.717) is 0 Å². The van der Waals surface area contributed by atoms with Crippen LogP contribution in [-0.2, 0) is 6.42 Å². The van der Waals surface area contributed by atoms with Gasteiger partial charge < -0.3 is 6.15 Å². The summed E-state index contributed by atoms with van der Waals surface area (Å²) in [6.07, 6.45) is 1.01. The highest BCUT2D eigenvalue weighted by atomic mass is 14.3. The van der Waals surface area contributed by atoms with Crippen LogP contribution in [0, 0.1) is 13.8 Å². The molecule has 0 fully saturated rings. The zero-order valence-corrected chi connectivity index (χ0v) is 16.5. The van der Waals surface area contributed by atoms with Gasteiger partial charge in [0.25, 0.3) is 0 Å². The molecule has 0 aromatic heterocycles. The molecule has 0 amide bonds. The van der Waals surface area contributed by atoms with Crippen LogP contribution >= 0.6 is 0 Å². The van der Waals surface area contributed by atoms with Crippen LogP contribution in [0.15, 0.2) is 84.9 Å². The predicted molar refractivity (Wildman–Crippen MR) is 120 cm³/mol. The fourth-order valence-corrected chi connectivity index (χ4v) is 4.24. The molecule has 3 N–H and O–H groups in total. The molecular weight excluding hydrogens is 338 g/mol. The van der Waals surface area contributed by atoms with Crippen LogP contribution < -0.4 is 6.15 Å². The van der Waals surface area contributed by atoms with Crippen molar-refractivity contribution in [3.8, 4) is 33.4 Å². The zero-order chi connectivity index (χ0) is 18.4. The Morgan fingerprint density at radius 1 is 0.536 bits per heavy atom. The molecule has 138 valence electrons. The third kappa shape index (κ3) is 2.94. The van der Waals surface area contributed by atoms with E-state index in [1.807, 2.05) is 0 Å². The van der Waals surface area contributed by atoms with E-state index in [-0.39, 0.29) is 6.15 Å². The highest BCUT2D eigenvalue weighted by Gasteiger charge is 2.23. The molecule has 28 heavy (non-hydrogen) atoms. The third-order valence-corrected chi connectivity index (χ3v) is 5.69. The fraction of sp³-hybridized carbons (Fsp3) is 0.111. The maximum atomic E-state index is 2.31. The van der Waals surface area contributed by atoms with Crippen molar-refractivity contribution in [2.45, 2.75) is 20.3 Å². The van der Waals surface area contributed by atoms with Crippen LogP contribution in [-0.4, -0.2) is 0 Å². The molecule has 0 unspecified atom stereocenters. The standard InChI is InChI=1S/C27H22.H3N/c1-18-7-11-20(12-8-18)24-15-16-25-23-6-4-3-5-22(23)17-26(25)27(24)21-13-9-19(2)10-14-21;/h3-16H,17H2,1-2H3;1H3. The summed E-state index contributed by atoms with van der Waals surface area (Å²) in [5.41, 5.74) is 13.6. The Balaban J connectivity index is 0.00000192. The van der Waals surface area contributed by atoms with Crippen LogP contribution in [0.25, 0.3) is 33.4 Å². The van der Waals surface area contributed by atoms with Crippen LogP contribution in [0.3, 0.4) is 0 Å². The summed E-state index contributed by atoms with van der Waals surface area (Å²) in [6.45, 7) is 4.29. The van der Waals surface area contributed by atoms with Gasteiger partial charge >= 0.3 is 0 Å². The smallest absolute Gasteiger partial charge is 0.000706 e. The van der Waals surface area contributed by atoms with Crippen molar-refractivity contribution >= 4 is 0 Å². The molecule has 4 aromatic rings. The zero-order valence-electron chi connectivity index (χ0n) is 16.5. The number of hydrogen-bond acceptors (Lipinski definition) is 1. The van der Waals surface area contributed by atoms with E-state index in [0.717, 1.165) is 6.42 Å². The molecule has 4 aromatic carbocycles. The lowest BCUT2D eigenvalue weighted by atomic mass is 9.87. The number of hydrogen-bond donors (Lipinski definition) is 1. The van der Waals surface area contributed by atoms with E-state index in [9.17, 15) is 0 Å². The molecule has 0 saturated heterocycles. The number of benzene rings is 4. The lowest BCUT2D eigenvalue weighted by molar-refractivity contribution is 1.26. The minimum absolute atomic E-state index is 0. The Morgan fingerprint density at radius 2 is 1.11 bits per heavy atom. The topological polar surface area (TPSA) is 35.0 Å². The molecule has 0 bridgehead atoms. The second-order valence-electron chi connectivity index (χ2n) is 7.58. The van der Waals surface area contributed by atoms with Gasteiger partial charge in [-0.25, -0.2) is 0 Å². The van der Waals surface area contributed by atoms with Gasteiger partial charge in [0.1, 0.15) is 0 Å². The van der Waals surface area contributed by atoms with Crippen LogP contribution in [0.2, 0.25) is 0 Å². The molecule has 1 heteroatoms. The fourth-order valence-electron chi connectivity index (χ4n) is 4.24. The Morgan fingerprint density at radius 3 is 1.79 bits per heavy atom. The monoisotopic (exact) mass is 363 g/mol. The quantitative estimate of drug-likeness (QED) is 0.349. The first-order chi connectivity index (χ1) is 13.2. The summed E-state index contributed by atoms with van der Waals surface area (Å²) in [6, 6.07) is 31.3. The number of rotatable bonds is 2. The molecule has 0 aliphatic heterocycles. The van der Waals surface area contributed by atoms with Crippen LogP contribution in [0.5, 0.6) is 0 Å². The molecule has 5 rings (SSSR count). The molecule has 0 saturated carbocycles. The van der Waals surface area contributed by atoms with Crippen LogP contribution in [0.4, 0.5) is 0 Å². The Hall–Kier alpha value is -3.16. The van der Waals surface area contributed by atoms with Gasteiger partial charge in [0, 0.05) is 0 Å². The highest BCUT2D eigenvalue weighted by molar-refractivity contribution is 5.93. The van der Waals surface area contributed by atoms with Gasteiger partial charge in [-0.3, -0.25) is 0 Å². The first-order valence-electron chi connectivity index (χ1n) is 9.59. The van der Waals surface area contributed by atoms with Crippen molar-refractivity contribution < 1.29 is 0 Å². The third-order valence-electron chi connectivity index (χ3n) is 5.69. The summed E-state index contributed by atoms with van der Waals surface area (Å²) in [7, 11) is 0. The van der Waals surface area contributed by atoms with Gasteiger partial charge in [0.05, 0.1) is 0 Å². The molecule has 1 nitrogen and oxygen atoms in total. The first kappa shape index (κ1) is 18.2. The van der Waals surface area contributed by atoms with Crippen molar-refractivity contribution in [1.82, 2.24) is 6.15 Å². The van der Waals surface area contributed by atoms with Crippen molar-refractivity contribution in [3.63, 3.8) is 0 Å². The minimum atomic E-state index is 0. The van der Waals surface area contributed by atoms with Crippen molar-refractivity contribution in [2.24, 2.45) is 0 Å². The first-order valence-corrected chi connectivity index (χ1v) is 9.59. The molecule has 1 aliphatic carbocycles. The summed E-state index contributed by atoms with van der Waals surface area (Å²) < 4.78 is 0. The van der Waals surface area contributed by atoms with E-state index in [1.54, 1.807) is 0 Å². The largest absolute Gasteiger partial charge is 0.344 e. The molecule has 0 atom stereocenters. The van der Waals surface area contributed by atoms with Gasteiger partial charge in [0.2, 0.25) is 0 Å². The van der Waals surface area contributed by atoms with Gasteiger partial charge in [-0.2, -0.15) is 0 Å². The van der Waals surface area contributed by atoms with Gasteiger partial charge in [-0.1, -0.05) is 96.1 Å². The second-order valence-corrected chi connectivity index (χ2v) is 7.58. The summed E-state index contributed by atoms with van der Waals surface area (Å²) in [5.74, 6) is 0. The Bertz CT molecular complexity index is 1140. The van der Waals surface area contributed by atoms with E-state index < -0.39 is 0 Å². The minimum Gasteiger partial charge on any atom is -0.344 e. The van der Waals surface area contributed by atoms with Gasteiger partial charge in [0.15, 0.2) is 0 Å². The lowest BCUT2D eigenvalue weighted by Gasteiger charge is -2.16. The van der Waals surface area contributed by atoms with Crippen LogP contribution in [0.1, 0.15) is 22.3 Å². The highest BCUT2D eigenvalue weighted by Crippen LogP contribution is 2.45. The Labute approximate surface area is 167 Å². The maximum Gasteiger partial charge on any atom is -0.000706 e. The van der Waals surface area contributed by atoms with Crippen molar-refractivity contribution in [1.29, 1.82) is 0 Å². The summed E-state index contributed by atoms with van der Waals surface area (Å²) >= 11 is 0. The average molecular weight is 364 g/mol. The molecule has 0 radical (unpaired) electrons. The number of fused-ring (bicyclic) bond motifs is 3. The van der Waals surface area contributed by atoms with Crippen molar-refractivity contribution in [3.05, 3.63) is 107 Å². The van der Waals surface area contributed by atoms with E-state index in [1.165, 1.54) is 55.6 Å². The molecule has 0 spiro atoms. The molecule has 1 aliphatic rings. The SMILES string of the molecule is Cc1ccc(-c2ccc3c(c2-c2ccc(C)cc2)Cc2ccccc2-3)cc1.N. The summed E-state index contributed by atoms with van der Waals surface area (Å²) in [5, 5.41) is 0. The summed E-state index contributed by atoms with van der Waals surface area (Å²) in [4.78, 5) is 0. The van der Waals surface area contributed by atoms with Crippen molar-refractivity contribution in [2.75, 3.05) is 0 Å². The van der Waals surface area contributed by atoms with E-state index >= 15 is 0 Å². The lowest BCUT2D eigenvalue weighted by Crippen LogP contribution is -1.93. The van der Waals surface area contributed by atoms with E-state index in [4.69, 9.17) is 0 Å². The predicted octanol–water partition coefficient (Wildman–Crippen LogP) is 7.37. The van der Waals surface area contributed by atoms with E-state index in [2.05, 4.69) is 98.8 Å². The normalized spacial score (nSPS) is 11.5. The van der Waals surface area contributed by atoms with Gasteiger partial charge in [-0.05, 0) is 64.8 Å². The maximum absolute atomic E-state index is 2.31. The average Bonchev–Trinajstić information content (AvgIpc) is 3.07.